The van der Waals surface area contributed by atoms with Crippen LogP contribution < -0.4 is 14.2 Å². The molecule has 1 aliphatic rings. The van der Waals surface area contributed by atoms with Crippen molar-refractivity contribution in [3.63, 3.8) is 0 Å². The number of rotatable bonds is 6. The lowest BCUT2D eigenvalue weighted by atomic mass is 9.94. The summed E-state index contributed by atoms with van der Waals surface area (Å²) in [4.78, 5) is 8.43. The Balaban J connectivity index is 1.58. The maximum Gasteiger partial charge on any atom is 0.241 e. The van der Waals surface area contributed by atoms with Gasteiger partial charge in [-0.25, -0.2) is 13.1 Å². The van der Waals surface area contributed by atoms with Gasteiger partial charge in [0.05, 0.1) is 24.4 Å². The minimum absolute atomic E-state index is 0.0277. The first kappa shape index (κ1) is 19.9. The zero-order valence-electron chi connectivity index (χ0n) is 15.2. The van der Waals surface area contributed by atoms with Gasteiger partial charge in [0.1, 0.15) is 6.10 Å². The molecule has 1 aromatic heterocycles. The van der Waals surface area contributed by atoms with Crippen molar-refractivity contribution < 1.29 is 17.9 Å². The molecule has 0 spiro atoms. The molecular formula is C18H22ClN3O4S. The number of benzene rings is 1. The minimum atomic E-state index is -3.61. The summed E-state index contributed by atoms with van der Waals surface area (Å²) >= 11 is 6.05. The number of methoxy groups -OCH3 is 1. The maximum atomic E-state index is 12.7. The van der Waals surface area contributed by atoms with Crippen LogP contribution in [0.4, 0.5) is 0 Å². The Hall–Kier alpha value is -1.90. The number of sulfonamides is 1. The molecule has 9 heteroatoms. The van der Waals surface area contributed by atoms with E-state index in [-0.39, 0.29) is 17.0 Å². The van der Waals surface area contributed by atoms with Crippen LogP contribution in [0.1, 0.15) is 31.2 Å². The summed E-state index contributed by atoms with van der Waals surface area (Å²) in [6.07, 6.45) is 5.83. The number of nitrogens with zero attached hydrogens (tertiary/aromatic N) is 2. The van der Waals surface area contributed by atoms with E-state index in [1.165, 1.54) is 13.3 Å². The third-order valence-electron chi connectivity index (χ3n) is 4.59. The lowest BCUT2D eigenvalue weighted by Crippen LogP contribution is -2.39. The quantitative estimate of drug-likeness (QED) is 0.785. The van der Waals surface area contributed by atoms with Crippen molar-refractivity contribution in [2.75, 3.05) is 7.11 Å². The van der Waals surface area contributed by atoms with Crippen LogP contribution in [0.3, 0.4) is 0 Å². The maximum absolute atomic E-state index is 12.7. The zero-order valence-corrected chi connectivity index (χ0v) is 16.8. The Morgan fingerprint density at radius 2 is 1.85 bits per heavy atom. The molecular weight excluding hydrogens is 390 g/mol. The summed E-state index contributed by atoms with van der Waals surface area (Å²) in [7, 11) is -2.09. The minimum Gasteiger partial charge on any atom is -0.480 e. The standard InChI is InChI=1S/C18H22ClN3O4S/c1-12-15(19)4-3-5-16(12)27(23,24)22-13-6-8-14(9-7-13)26-18-11-20-10-17(21-18)25-2/h3-5,10-11,13-14,22H,6-9H2,1-2H3. The third kappa shape index (κ3) is 4.88. The van der Waals surface area contributed by atoms with Gasteiger partial charge in [0, 0.05) is 11.1 Å². The fourth-order valence-corrected chi connectivity index (χ4v) is 4.92. The second kappa shape index (κ2) is 8.41. The predicted octanol–water partition coefficient (Wildman–Crippen LogP) is 3.12. The van der Waals surface area contributed by atoms with Crippen molar-refractivity contribution in [2.45, 2.75) is 49.6 Å². The van der Waals surface area contributed by atoms with E-state index in [2.05, 4.69) is 14.7 Å². The van der Waals surface area contributed by atoms with Crippen LogP contribution in [0.25, 0.3) is 0 Å². The van der Waals surface area contributed by atoms with Crippen LogP contribution in [0.2, 0.25) is 5.02 Å². The number of hydrogen-bond donors (Lipinski definition) is 1. The van der Waals surface area contributed by atoms with Crippen molar-refractivity contribution in [1.29, 1.82) is 0 Å². The van der Waals surface area contributed by atoms with Gasteiger partial charge in [-0.3, -0.25) is 4.98 Å². The molecule has 0 radical (unpaired) electrons. The SMILES string of the molecule is COc1cncc(OC2CCC(NS(=O)(=O)c3cccc(Cl)c3C)CC2)n1. The highest BCUT2D eigenvalue weighted by Crippen LogP contribution is 2.27. The Morgan fingerprint density at radius 3 is 2.56 bits per heavy atom. The lowest BCUT2D eigenvalue weighted by Gasteiger charge is -2.29. The van der Waals surface area contributed by atoms with E-state index in [0.717, 1.165) is 12.8 Å². The molecule has 0 amide bonds. The Bertz CT molecular complexity index is 899. The molecule has 3 rings (SSSR count). The van der Waals surface area contributed by atoms with E-state index >= 15 is 0 Å². The monoisotopic (exact) mass is 411 g/mol. The number of aromatic nitrogens is 2. The van der Waals surface area contributed by atoms with E-state index in [0.29, 0.717) is 35.2 Å². The van der Waals surface area contributed by atoms with E-state index in [9.17, 15) is 8.42 Å². The summed E-state index contributed by atoms with van der Waals surface area (Å²) in [5.74, 6) is 0.804. The Kier molecular flexibility index (Phi) is 6.18. The van der Waals surface area contributed by atoms with Crippen LogP contribution in [0.5, 0.6) is 11.8 Å². The molecule has 7 nitrogen and oxygen atoms in total. The normalized spacial score (nSPS) is 20.3. The van der Waals surface area contributed by atoms with Crippen LogP contribution in [-0.2, 0) is 10.0 Å². The third-order valence-corrected chi connectivity index (χ3v) is 6.66. The molecule has 1 aromatic carbocycles. The molecule has 1 N–H and O–H groups in total. The number of nitrogens with one attached hydrogen (secondary N) is 1. The summed E-state index contributed by atoms with van der Waals surface area (Å²) in [6, 6.07) is 4.76. The molecule has 0 atom stereocenters. The van der Waals surface area contributed by atoms with Crippen molar-refractivity contribution in [2.24, 2.45) is 0 Å². The van der Waals surface area contributed by atoms with Crippen LogP contribution >= 0.6 is 11.6 Å². The second-order valence-electron chi connectivity index (χ2n) is 6.48. The molecule has 1 fully saturated rings. The summed E-state index contributed by atoms with van der Waals surface area (Å²) < 4.78 is 39.0. The van der Waals surface area contributed by atoms with Crippen molar-refractivity contribution >= 4 is 21.6 Å². The molecule has 1 heterocycles. The number of halogens is 1. The average Bonchev–Trinajstić information content (AvgIpc) is 2.65. The molecule has 146 valence electrons. The van der Waals surface area contributed by atoms with Gasteiger partial charge >= 0.3 is 0 Å². The summed E-state index contributed by atoms with van der Waals surface area (Å²) in [6.45, 7) is 1.71. The van der Waals surface area contributed by atoms with Crippen molar-refractivity contribution in [1.82, 2.24) is 14.7 Å². The van der Waals surface area contributed by atoms with Gasteiger partial charge in [0.2, 0.25) is 21.8 Å². The predicted molar refractivity (Wildman–Crippen MR) is 102 cm³/mol. The van der Waals surface area contributed by atoms with Gasteiger partial charge < -0.3 is 9.47 Å². The Morgan fingerprint density at radius 1 is 1.15 bits per heavy atom. The molecule has 1 aliphatic carbocycles. The highest BCUT2D eigenvalue weighted by Gasteiger charge is 2.28. The van der Waals surface area contributed by atoms with E-state index < -0.39 is 10.0 Å². The van der Waals surface area contributed by atoms with Gasteiger partial charge in [-0.05, 0) is 50.3 Å². The van der Waals surface area contributed by atoms with Crippen LogP contribution in [0.15, 0.2) is 35.5 Å². The summed E-state index contributed by atoms with van der Waals surface area (Å²) in [5, 5.41) is 0.439. The molecule has 27 heavy (non-hydrogen) atoms. The molecule has 1 saturated carbocycles. The lowest BCUT2D eigenvalue weighted by molar-refractivity contribution is 0.136. The fourth-order valence-electron chi connectivity index (χ4n) is 3.12. The smallest absolute Gasteiger partial charge is 0.241 e. The van der Waals surface area contributed by atoms with Crippen molar-refractivity contribution in [3.05, 3.63) is 41.2 Å². The summed E-state index contributed by atoms with van der Waals surface area (Å²) in [5.41, 5.74) is 0.556. The average molecular weight is 412 g/mol. The first-order chi connectivity index (χ1) is 12.9. The van der Waals surface area contributed by atoms with E-state index in [1.807, 2.05) is 0 Å². The van der Waals surface area contributed by atoms with Gasteiger partial charge in [0.15, 0.2) is 0 Å². The molecule has 2 aromatic rings. The molecule has 0 aliphatic heterocycles. The second-order valence-corrected chi connectivity index (χ2v) is 8.57. The number of ether oxygens (including phenoxy) is 2. The molecule has 0 saturated heterocycles. The van der Waals surface area contributed by atoms with E-state index in [1.54, 1.807) is 31.3 Å². The van der Waals surface area contributed by atoms with E-state index in [4.69, 9.17) is 21.1 Å². The van der Waals surface area contributed by atoms with Crippen LogP contribution in [-0.4, -0.2) is 37.6 Å². The van der Waals surface area contributed by atoms with Gasteiger partial charge in [-0.2, -0.15) is 4.98 Å². The van der Waals surface area contributed by atoms with Crippen LogP contribution in [0, 0.1) is 6.92 Å². The largest absolute Gasteiger partial charge is 0.480 e. The molecule has 0 bridgehead atoms. The highest BCUT2D eigenvalue weighted by molar-refractivity contribution is 7.89. The molecule has 0 unspecified atom stereocenters. The topological polar surface area (TPSA) is 90.4 Å². The fraction of sp³-hybridized carbons (Fsp3) is 0.444. The first-order valence-electron chi connectivity index (χ1n) is 8.69. The highest BCUT2D eigenvalue weighted by atomic mass is 35.5. The Labute approximate surface area is 164 Å². The number of hydrogen-bond acceptors (Lipinski definition) is 6. The van der Waals surface area contributed by atoms with Gasteiger partial charge in [-0.1, -0.05) is 17.7 Å². The first-order valence-corrected chi connectivity index (χ1v) is 10.6. The zero-order chi connectivity index (χ0) is 19.4. The van der Waals surface area contributed by atoms with Crippen molar-refractivity contribution in [3.8, 4) is 11.8 Å². The van der Waals surface area contributed by atoms with Gasteiger partial charge in [0.25, 0.3) is 0 Å². The van der Waals surface area contributed by atoms with Gasteiger partial charge in [-0.15, -0.1) is 0 Å².